The minimum atomic E-state index is -0.640. The van der Waals surface area contributed by atoms with E-state index in [1.54, 1.807) is 20.8 Å². The standard InChI is InChI=1S/C8H17N3O2/c1-4(2)6(7(10)12)11-8(13)5(3)9/h4-6H,9H2,1-3H3,(H2,10,12)(H,11,13)/t5-,6?/m1/s1. The summed E-state index contributed by atoms with van der Waals surface area (Å²) in [5.74, 6) is -0.929. The molecule has 0 rings (SSSR count). The maximum absolute atomic E-state index is 11.1. The highest BCUT2D eigenvalue weighted by atomic mass is 16.2. The van der Waals surface area contributed by atoms with Crippen LogP contribution in [0.5, 0.6) is 0 Å². The monoisotopic (exact) mass is 187 g/mol. The predicted molar refractivity (Wildman–Crippen MR) is 49.6 cm³/mol. The van der Waals surface area contributed by atoms with Crippen molar-refractivity contribution < 1.29 is 9.59 Å². The van der Waals surface area contributed by atoms with Crippen LogP contribution < -0.4 is 16.8 Å². The molecule has 76 valence electrons. The van der Waals surface area contributed by atoms with E-state index in [2.05, 4.69) is 5.32 Å². The van der Waals surface area contributed by atoms with Gasteiger partial charge in [0.05, 0.1) is 6.04 Å². The number of carbonyl (C=O) groups excluding carboxylic acids is 2. The first-order valence-corrected chi connectivity index (χ1v) is 4.21. The van der Waals surface area contributed by atoms with Gasteiger partial charge in [-0.25, -0.2) is 0 Å². The molecule has 5 heteroatoms. The number of hydrogen-bond donors (Lipinski definition) is 3. The van der Waals surface area contributed by atoms with Crippen molar-refractivity contribution in [2.75, 3.05) is 0 Å². The van der Waals surface area contributed by atoms with Gasteiger partial charge in [0.2, 0.25) is 11.8 Å². The second-order valence-corrected chi connectivity index (χ2v) is 3.42. The highest BCUT2D eigenvalue weighted by molar-refractivity contribution is 5.88. The first-order valence-electron chi connectivity index (χ1n) is 4.21. The molecule has 0 radical (unpaired) electrons. The molecule has 0 aromatic rings. The highest BCUT2D eigenvalue weighted by Crippen LogP contribution is 2.00. The van der Waals surface area contributed by atoms with Crippen LogP contribution in [0.1, 0.15) is 20.8 Å². The Labute approximate surface area is 77.8 Å². The van der Waals surface area contributed by atoms with Gasteiger partial charge in [0.15, 0.2) is 0 Å². The van der Waals surface area contributed by atoms with Crippen molar-refractivity contribution in [3.8, 4) is 0 Å². The molecule has 13 heavy (non-hydrogen) atoms. The molecular formula is C8H17N3O2. The molecule has 0 aliphatic rings. The molecule has 0 aliphatic carbocycles. The van der Waals surface area contributed by atoms with E-state index < -0.39 is 18.0 Å². The van der Waals surface area contributed by atoms with Gasteiger partial charge in [0.1, 0.15) is 6.04 Å². The zero-order valence-electron chi connectivity index (χ0n) is 8.20. The van der Waals surface area contributed by atoms with Gasteiger partial charge in [-0.15, -0.1) is 0 Å². The van der Waals surface area contributed by atoms with Crippen molar-refractivity contribution in [2.45, 2.75) is 32.9 Å². The SMILES string of the molecule is CC(C)C(NC(=O)[C@@H](C)N)C(N)=O. The number of nitrogens with two attached hydrogens (primary N) is 2. The Bertz CT molecular complexity index is 202. The third kappa shape index (κ3) is 3.89. The lowest BCUT2D eigenvalue weighted by Gasteiger charge is -2.19. The van der Waals surface area contributed by atoms with Crippen molar-refractivity contribution in [2.24, 2.45) is 17.4 Å². The molecule has 1 unspecified atom stereocenters. The quantitative estimate of drug-likeness (QED) is 0.524. The van der Waals surface area contributed by atoms with Crippen molar-refractivity contribution in [3.63, 3.8) is 0 Å². The molecular weight excluding hydrogens is 170 g/mol. The first kappa shape index (κ1) is 11.9. The molecule has 0 saturated carbocycles. The van der Waals surface area contributed by atoms with Crippen LogP contribution in [-0.4, -0.2) is 23.9 Å². The number of carbonyl (C=O) groups is 2. The van der Waals surface area contributed by atoms with Crippen LogP contribution in [0.2, 0.25) is 0 Å². The maximum Gasteiger partial charge on any atom is 0.240 e. The Kier molecular flexibility index (Phi) is 4.40. The van der Waals surface area contributed by atoms with E-state index in [1.165, 1.54) is 0 Å². The molecule has 0 fully saturated rings. The zero-order chi connectivity index (χ0) is 10.6. The van der Waals surface area contributed by atoms with Gasteiger partial charge in [-0.3, -0.25) is 9.59 Å². The molecule has 5 N–H and O–H groups in total. The van der Waals surface area contributed by atoms with Crippen LogP contribution in [0.15, 0.2) is 0 Å². The predicted octanol–water partition coefficient (Wildman–Crippen LogP) is -1.04. The van der Waals surface area contributed by atoms with Gasteiger partial charge in [0.25, 0.3) is 0 Å². The fourth-order valence-corrected chi connectivity index (χ4v) is 0.851. The highest BCUT2D eigenvalue weighted by Gasteiger charge is 2.22. The van der Waals surface area contributed by atoms with Gasteiger partial charge in [-0.05, 0) is 12.8 Å². The second-order valence-electron chi connectivity index (χ2n) is 3.42. The van der Waals surface area contributed by atoms with Crippen LogP contribution in [0.4, 0.5) is 0 Å². The Morgan fingerprint density at radius 2 is 1.69 bits per heavy atom. The summed E-state index contributed by atoms with van der Waals surface area (Å²) in [4.78, 5) is 22.0. The van der Waals surface area contributed by atoms with E-state index in [9.17, 15) is 9.59 Å². The van der Waals surface area contributed by atoms with Gasteiger partial charge in [-0.1, -0.05) is 13.8 Å². The third-order valence-electron chi connectivity index (χ3n) is 1.68. The Hall–Kier alpha value is -1.10. The number of primary amides is 1. The van der Waals surface area contributed by atoms with Gasteiger partial charge in [0, 0.05) is 0 Å². The lowest BCUT2D eigenvalue weighted by molar-refractivity contribution is -0.128. The molecule has 0 bridgehead atoms. The fraction of sp³-hybridized carbons (Fsp3) is 0.750. The second kappa shape index (κ2) is 4.81. The van der Waals surface area contributed by atoms with Crippen LogP contribution in [0.3, 0.4) is 0 Å². The van der Waals surface area contributed by atoms with Gasteiger partial charge in [-0.2, -0.15) is 0 Å². The van der Waals surface area contributed by atoms with E-state index >= 15 is 0 Å². The molecule has 0 aromatic carbocycles. The summed E-state index contributed by atoms with van der Waals surface area (Å²) in [7, 11) is 0. The van der Waals surface area contributed by atoms with Crippen LogP contribution in [-0.2, 0) is 9.59 Å². The summed E-state index contributed by atoms with van der Waals surface area (Å²) in [6.07, 6.45) is 0. The minimum Gasteiger partial charge on any atom is -0.368 e. The van der Waals surface area contributed by atoms with E-state index in [0.29, 0.717) is 0 Å². The first-order chi connectivity index (χ1) is 5.86. The smallest absolute Gasteiger partial charge is 0.240 e. The molecule has 0 aliphatic heterocycles. The lowest BCUT2D eigenvalue weighted by Crippen LogP contribution is -2.51. The minimum absolute atomic E-state index is 0.0276. The average Bonchev–Trinajstić information content (AvgIpc) is 1.97. The summed E-state index contributed by atoms with van der Waals surface area (Å²) in [6, 6.07) is -1.26. The largest absolute Gasteiger partial charge is 0.368 e. The third-order valence-corrected chi connectivity index (χ3v) is 1.68. The zero-order valence-corrected chi connectivity index (χ0v) is 8.20. The Balaban J connectivity index is 4.27. The van der Waals surface area contributed by atoms with Crippen LogP contribution in [0.25, 0.3) is 0 Å². The summed E-state index contributed by atoms with van der Waals surface area (Å²) < 4.78 is 0. The van der Waals surface area contributed by atoms with Gasteiger partial charge >= 0.3 is 0 Å². The molecule has 0 aromatic heterocycles. The summed E-state index contributed by atoms with van der Waals surface area (Å²) in [5.41, 5.74) is 10.4. The fourth-order valence-electron chi connectivity index (χ4n) is 0.851. The Morgan fingerprint density at radius 3 is 1.92 bits per heavy atom. The molecule has 2 amide bonds. The van der Waals surface area contributed by atoms with E-state index in [4.69, 9.17) is 11.5 Å². The number of hydrogen-bond acceptors (Lipinski definition) is 3. The number of rotatable bonds is 4. The Morgan fingerprint density at radius 1 is 1.23 bits per heavy atom. The lowest BCUT2D eigenvalue weighted by atomic mass is 10.0. The van der Waals surface area contributed by atoms with E-state index in [1.807, 2.05) is 0 Å². The van der Waals surface area contributed by atoms with Crippen LogP contribution in [0, 0.1) is 5.92 Å². The summed E-state index contributed by atoms with van der Waals surface area (Å²) in [6.45, 7) is 5.15. The molecule has 0 spiro atoms. The van der Waals surface area contributed by atoms with Crippen molar-refractivity contribution in [1.29, 1.82) is 0 Å². The summed E-state index contributed by atoms with van der Waals surface area (Å²) >= 11 is 0. The molecule has 5 nitrogen and oxygen atoms in total. The van der Waals surface area contributed by atoms with Crippen molar-refractivity contribution in [1.82, 2.24) is 5.32 Å². The average molecular weight is 187 g/mol. The van der Waals surface area contributed by atoms with Gasteiger partial charge < -0.3 is 16.8 Å². The van der Waals surface area contributed by atoms with Crippen LogP contribution >= 0.6 is 0 Å². The molecule has 0 heterocycles. The number of amides is 2. The topological polar surface area (TPSA) is 98.2 Å². The maximum atomic E-state index is 11.1. The van der Waals surface area contributed by atoms with E-state index in [0.717, 1.165) is 0 Å². The molecule has 0 saturated heterocycles. The normalized spacial score (nSPS) is 15.2. The number of nitrogens with one attached hydrogen (secondary N) is 1. The summed E-state index contributed by atoms with van der Waals surface area (Å²) in [5, 5.41) is 2.48. The molecule has 2 atom stereocenters. The van der Waals surface area contributed by atoms with E-state index in [-0.39, 0.29) is 11.8 Å². The van der Waals surface area contributed by atoms with Crippen molar-refractivity contribution >= 4 is 11.8 Å². The van der Waals surface area contributed by atoms with Crippen molar-refractivity contribution in [3.05, 3.63) is 0 Å².